The average Bonchev–Trinajstić information content (AvgIpc) is 1.84. The van der Waals surface area contributed by atoms with E-state index in [0.29, 0.717) is 0 Å². The number of rotatable bonds is 5. The monoisotopic (exact) mass is 174 g/mol. The van der Waals surface area contributed by atoms with Gasteiger partial charge in [-0.15, -0.1) is 0 Å². The van der Waals surface area contributed by atoms with Crippen LogP contribution in [-0.4, -0.2) is 22.8 Å². The number of carbonyl (C=O) groups is 1. The lowest BCUT2D eigenvalue weighted by molar-refractivity contribution is -0.138. The summed E-state index contributed by atoms with van der Waals surface area (Å²) >= 11 is 0. The molecule has 1 unspecified atom stereocenters. The molecule has 0 fully saturated rings. The SMILES string of the molecule is CC(CC(=O)O)CC(C)(C)CO. The van der Waals surface area contributed by atoms with Gasteiger partial charge in [-0.3, -0.25) is 4.79 Å². The van der Waals surface area contributed by atoms with Crippen molar-refractivity contribution in [1.82, 2.24) is 0 Å². The standard InChI is InChI=1S/C9H18O3/c1-7(4-8(11)12)5-9(2,3)6-10/h7,10H,4-6H2,1-3H3,(H,11,12). The minimum Gasteiger partial charge on any atom is -0.481 e. The molecule has 0 bridgehead atoms. The van der Waals surface area contributed by atoms with Crippen molar-refractivity contribution in [2.75, 3.05) is 6.61 Å². The Labute approximate surface area is 73.4 Å². The molecule has 0 heterocycles. The molecule has 0 aromatic heterocycles. The summed E-state index contributed by atoms with van der Waals surface area (Å²) in [5.74, 6) is -0.638. The minimum atomic E-state index is -0.767. The Hall–Kier alpha value is -0.570. The molecule has 0 spiro atoms. The van der Waals surface area contributed by atoms with Gasteiger partial charge in [-0.25, -0.2) is 0 Å². The van der Waals surface area contributed by atoms with Gasteiger partial charge < -0.3 is 10.2 Å². The molecule has 0 aliphatic carbocycles. The van der Waals surface area contributed by atoms with Crippen LogP contribution < -0.4 is 0 Å². The first-order valence-electron chi connectivity index (χ1n) is 4.20. The zero-order chi connectivity index (χ0) is 9.78. The Balaban J connectivity index is 3.83. The second-order valence-corrected chi connectivity index (χ2v) is 4.23. The fourth-order valence-corrected chi connectivity index (χ4v) is 1.38. The molecule has 3 nitrogen and oxygen atoms in total. The van der Waals surface area contributed by atoms with E-state index in [4.69, 9.17) is 10.2 Å². The van der Waals surface area contributed by atoms with Gasteiger partial charge in [0.25, 0.3) is 0 Å². The molecule has 0 amide bonds. The molecule has 2 N–H and O–H groups in total. The van der Waals surface area contributed by atoms with Gasteiger partial charge in [-0.2, -0.15) is 0 Å². The summed E-state index contributed by atoms with van der Waals surface area (Å²) < 4.78 is 0. The van der Waals surface area contributed by atoms with Crippen LogP contribution in [0.4, 0.5) is 0 Å². The number of carboxylic acid groups (broad SMARTS) is 1. The number of hydrogen-bond donors (Lipinski definition) is 2. The second-order valence-electron chi connectivity index (χ2n) is 4.23. The highest BCUT2D eigenvalue weighted by Gasteiger charge is 2.21. The van der Waals surface area contributed by atoms with Crippen LogP contribution in [0.3, 0.4) is 0 Å². The summed E-state index contributed by atoms with van der Waals surface area (Å²) in [6, 6.07) is 0. The van der Waals surface area contributed by atoms with Gasteiger partial charge in [-0.1, -0.05) is 20.8 Å². The molecule has 0 aliphatic rings. The first-order chi connectivity index (χ1) is 5.37. The molecule has 1 atom stereocenters. The number of aliphatic carboxylic acids is 1. The molecule has 12 heavy (non-hydrogen) atoms. The number of aliphatic hydroxyl groups excluding tert-OH is 1. The van der Waals surface area contributed by atoms with E-state index in [1.165, 1.54) is 0 Å². The van der Waals surface area contributed by atoms with E-state index >= 15 is 0 Å². The highest BCUT2D eigenvalue weighted by Crippen LogP contribution is 2.25. The zero-order valence-electron chi connectivity index (χ0n) is 8.00. The van der Waals surface area contributed by atoms with E-state index in [0.717, 1.165) is 6.42 Å². The molecule has 72 valence electrons. The molecule has 0 saturated carbocycles. The third-order valence-corrected chi connectivity index (χ3v) is 1.85. The number of aliphatic hydroxyl groups is 1. The summed E-state index contributed by atoms with van der Waals surface area (Å²) in [5.41, 5.74) is -0.158. The quantitative estimate of drug-likeness (QED) is 0.664. The smallest absolute Gasteiger partial charge is 0.303 e. The molecule has 0 aromatic carbocycles. The second kappa shape index (κ2) is 4.45. The van der Waals surface area contributed by atoms with E-state index in [9.17, 15) is 4.79 Å². The third-order valence-electron chi connectivity index (χ3n) is 1.85. The normalized spacial score (nSPS) is 14.3. The van der Waals surface area contributed by atoms with Gasteiger partial charge in [0.05, 0.1) is 0 Å². The minimum absolute atomic E-state index is 0.108. The molecule has 0 saturated heterocycles. The summed E-state index contributed by atoms with van der Waals surface area (Å²) in [4.78, 5) is 10.3. The fourth-order valence-electron chi connectivity index (χ4n) is 1.38. The van der Waals surface area contributed by atoms with Gasteiger partial charge >= 0.3 is 5.97 Å². The maximum absolute atomic E-state index is 10.3. The van der Waals surface area contributed by atoms with E-state index in [1.54, 1.807) is 0 Å². The van der Waals surface area contributed by atoms with E-state index in [1.807, 2.05) is 20.8 Å². The van der Waals surface area contributed by atoms with Crippen molar-refractivity contribution in [1.29, 1.82) is 0 Å². The van der Waals surface area contributed by atoms with Crippen molar-refractivity contribution in [2.45, 2.75) is 33.6 Å². The Kier molecular flexibility index (Phi) is 4.24. The fraction of sp³-hybridized carbons (Fsp3) is 0.889. The van der Waals surface area contributed by atoms with Crippen LogP contribution in [-0.2, 0) is 4.79 Å². The largest absolute Gasteiger partial charge is 0.481 e. The molecule has 0 aromatic rings. The van der Waals surface area contributed by atoms with Crippen molar-refractivity contribution in [2.24, 2.45) is 11.3 Å². The summed E-state index contributed by atoms with van der Waals surface area (Å²) in [7, 11) is 0. The van der Waals surface area contributed by atoms with Gasteiger partial charge in [-0.05, 0) is 17.8 Å². The zero-order valence-corrected chi connectivity index (χ0v) is 8.00. The summed E-state index contributed by atoms with van der Waals surface area (Å²) in [5, 5.41) is 17.4. The van der Waals surface area contributed by atoms with Gasteiger partial charge in [0.1, 0.15) is 0 Å². The molecule has 0 aliphatic heterocycles. The van der Waals surface area contributed by atoms with Crippen LogP contribution in [0, 0.1) is 11.3 Å². The van der Waals surface area contributed by atoms with Crippen molar-refractivity contribution in [3.05, 3.63) is 0 Å². The van der Waals surface area contributed by atoms with Crippen LogP contribution >= 0.6 is 0 Å². The molecule has 0 radical (unpaired) electrons. The van der Waals surface area contributed by atoms with Crippen molar-refractivity contribution >= 4 is 5.97 Å². The van der Waals surface area contributed by atoms with Crippen molar-refractivity contribution in [3.8, 4) is 0 Å². The number of carboxylic acids is 1. The Bertz CT molecular complexity index is 152. The Morgan fingerprint density at radius 1 is 1.50 bits per heavy atom. The summed E-state index contributed by atoms with van der Waals surface area (Å²) in [6.45, 7) is 5.87. The van der Waals surface area contributed by atoms with E-state index < -0.39 is 5.97 Å². The predicted molar refractivity (Wildman–Crippen MR) is 46.9 cm³/mol. The average molecular weight is 174 g/mol. The van der Waals surface area contributed by atoms with Crippen LogP contribution in [0.15, 0.2) is 0 Å². The first kappa shape index (κ1) is 11.4. The third kappa shape index (κ3) is 5.13. The van der Waals surface area contributed by atoms with Gasteiger partial charge in [0, 0.05) is 13.0 Å². The van der Waals surface area contributed by atoms with E-state index in [2.05, 4.69) is 0 Å². The van der Waals surface area contributed by atoms with Crippen LogP contribution in [0.5, 0.6) is 0 Å². The van der Waals surface area contributed by atoms with Crippen LogP contribution in [0.2, 0.25) is 0 Å². The Morgan fingerprint density at radius 3 is 2.33 bits per heavy atom. The lowest BCUT2D eigenvalue weighted by atomic mass is 9.83. The molecule has 0 rings (SSSR count). The first-order valence-corrected chi connectivity index (χ1v) is 4.20. The van der Waals surface area contributed by atoms with Crippen LogP contribution in [0.25, 0.3) is 0 Å². The summed E-state index contributed by atoms with van der Waals surface area (Å²) in [6.07, 6.45) is 0.930. The number of hydrogen-bond acceptors (Lipinski definition) is 2. The van der Waals surface area contributed by atoms with Crippen LogP contribution in [0.1, 0.15) is 33.6 Å². The maximum atomic E-state index is 10.3. The highest BCUT2D eigenvalue weighted by atomic mass is 16.4. The predicted octanol–water partition coefficient (Wildman–Crippen LogP) is 1.51. The van der Waals surface area contributed by atoms with Gasteiger partial charge in [0.2, 0.25) is 0 Å². The molecular weight excluding hydrogens is 156 g/mol. The van der Waals surface area contributed by atoms with Crippen molar-refractivity contribution in [3.63, 3.8) is 0 Å². The maximum Gasteiger partial charge on any atom is 0.303 e. The molecular formula is C9H18O3. The Morgan fingerprint density at radius 2 is 2.00 bits per heavy atom. The molecule has 3 heteroatoms. The van der Waals surface area contributed by atoms with Gasteiger partial charge in [0.15, 0.2) is 0 Å². The van der Waals surface area contributed by atoms with E-state index in [-0.39, 0.29) is 24.4 Å². The lowest BCUT2D eigenvalue weighted by Gasteiger charge is -2.24. The highest BCUT2D eigenvalue weighted by molar-refractivity contribution is 5.66. The van der Waals surface area contributed by atoms with Crippen molar-refractivity contribution < 1.29 is 15.0 Å². The topological polar surface area (TPSA) is 57.5 Å². The lowest BCUT2D eigenvalue weighted by Crippen LogP contribution is -2.21.